The summed E-state index contributed by atoms with van der Waals surface area (Å²) in [6.45, 7) is 17.6. The molecule has 2 aromatic rings. The highest BCUT2D eigenvalue weighted by Gasteiger charge is 2.64. The molecule has 6 atom stereocenters. The molecule has 2 aliphatic carbocycles. The Labute approximate surface area is 387 Å². The molecule has 2 aromatic carbocycles. The molecule has 0 saturated heterocycles. The number of oxime groups is 1. The van der Waals surface area contributed by atoms with Gasteiger partial charge in [0.15, 0.2) is 0 Å². The lowest BCUT2D eigenvalue weighted by atomic mass is 9.56. The van der Waals surface area contributed by atoms with Crippen LogP contribution in [0.3, 0.4) is 0 Å². The number of aliphatic hydroxyl groups is 2. The van der Waals surface area contributed by atoms with Crippen LogP contribution in [0.5, 0.6) is 17.2 Å². The molecule has 1 saturated carbocycles. The van der Waals surface area contributed by atoms with E-state index in [1.807, 2.05) is 30.0 Å². The lowest BCUT2D eigenvalue weighted by Crippen LogP contribution is -2.64. The largest absolute Gasteiger partial charge is 0.460 e. The molecule has 7 nitrogen and oxygen atoms in total. The molecule has 1 aliphatic heterocycles. The van der Waals surface area contributed by atoms with Gasteiger partial charge in [-0.15, -0.1) is 6.58 Å². The van der Waals surface area contributed by atoms with Crippen LogP contribution in [-0.4, -0.2) is 58.1 Å². The van der Waals surface area contributed by atoms with E-state index in [4.69, 9.17) is 24.2 Å². The summed E-state index contributed by atoms with van der Waals surface area (Å²) in [6.07, 6.45) is 29.1. The van der Waals surface area contributed by atoms with Gasteiger partial charge in [-0.25, -0.2) is 0 Å². The summed E-state index contributed by atoms with van der Waals surface area (Å²) in [7, 11) is 0. The van der Waals surface area contributed by atoms with Gasteiger partial charge in [0.1, 0.15) is 22.8 Å². The molecule has 1 heterocycles. The molecule has 0 amide bonds. The van der Waals surface area contributed by atoms with E-state index in [-0.39, 0.29) is 42.1 Å². The van der Waals surface area contributed by atoms with Crippen LogP contribution in [0.15, 0.2) is 65.9 Å². The fraction of sp³-hybridized carbons (Fsp3) is 0.691. The molecule has 0 spiro atoms. The molecule has 6 unspecified atom stereocenters. The maximum Gasteiger partial charge on any atom is 0.230 e. The normalized spacial score (nSPS) is 23.5. The Balaban J connectivity index is 1.45. The van der Waals surface area contributed by atoms with Crippen molar-refractivity contribution >= 4 is 17.5 Å². The van der Waals surface area contributed by atoms with E-state index in [1.54, 1.807) is 0 Å². The first kappa shape index (κ1) is 51.2. The average Bonchev–Trinajstić information content (AvgIpc) is 3.26. The summed E-state index contributed by atoms with van der Waals surface area (Å²) in [4.78, 5) is 6.31. The van der Waals surface area contributed by atoms with E-state index in [0.717, 1.165) is 79.2 Å². The second kappa shape index (κ2) is 26.4. The molecule has 0 radical (unpaired) electrons. The van der Waals surface area contributed by atoms with Gasteiger partial charge in [0, 0.05) is 31.1 Å². The third kappa shape index (κ3) is 14.9. The SMILES string of the molecule is C=CCOC12Oc3ccc(Oc4ccc(C)c(C)c4)cc3C3C(CCCCO)C(CCCCO)C=C(C(=NOC(C)(C)C)CC1SCCCCCCCCCCCCCCCC)C32. The van der Waals surface area contributed by atoms with Crippen molar-refractivity contribution < 1.29 is 29.3 Å². The van der Waals surface area contributed by atoms with Crippen molar-refractivity contribution in [2.45, 2.75) is 199 Å². The smallest absolute Gasteiger partial charge is 0.230 e. The highest BCUT2D eigenvalue weighted by molar-refractivity contribution is 8.00. The van der Waals surface area contributed by atoms with Crippen LogP contribution < -0.4 is 9.47 Å². The zero-order valence-corrected chi connectivity index (χ0v) is 41.1. The molecule has 352 valence electrons. The van der Waals surface area contributed by atoms with E-state index in [9.17, 15) is 10.2 Å². The number of nitrogens with zero attached hydrogens (tertiary/aromatic N) is 1. The first-order valence-electron chi connectivity index (χ1n) is 25.2. The third-order valence-electron chi connectivity index (χ3n) is 13.6. The van der Waals surface area contributed by atoms with Crippen molar-refractivity contribution in [2.75, 3.05) is 25.6 Å². The van der Waals surface area contributed by atoms with E-state index in [2.05, 4.69) is 78.5 Å². The van der Waals surface area contributed by atoms with E-state index >= 15 is 0 Å². The van der Waals surface area contributed by atoms with Gasteiger partial charge in [0.25, 0.3) is 0 Å². The minimum Gasteiger partial charge on any atom is -0.460 e. The van der Waals surface area contributed by atoms with Crippen molar-refractivity contribution in [1.82, 2.24) is 0 Å². The van der Waals surface area contributed by atoms with Gasteiger partial charge >= 0.3 is 0 Å². The predicted octanol–water partition coefficient (Wildman–Crippen LogP) is 14.7. The van der Waals surface area contributed by atoms with Gasteiger partial charge < -0.3 is 29.3 Å². The standard InChI is InChI=1S/C55H85NO6S/c1-8-10-11-12-13-14-15-16-17-18-19-20-21-26-36-63-51-40-49(56-62-54(5,6)7)47-38-43(27-22-24-33-57)46(28-23-25-34-58)52-48-39-45(60-44-30-29-41(3)42(4)37-44)31-32-50(48)61-55(51,53(47)52)59-35-9-2/h9,29-32,37-39,43,46,51-53,57-58H,2,8,10-28,33-36,40H2,1,3-7H3. The summed E-state index contributed by atoms with van der Waals surface area (Å²) >= 11 is 1.98. The molecule has 2 N–H and O–H groups in total. The number of rotatable bonds is 30. The number of aliphatic hydroxyl groups excluding tert-OH is 2. The van der Waals surface area contributed by atoms with Crippen LogP contribution in [0, 0.1) is 31.6 Å². The van der Waals surface area contributed by atoms with Gasteiger partial charge in [0.05, 0.1) is 23.5 Å². The van der Waals surface area contributed by atoms with Gasteiger partial charge in [0.2, 0.25) is 5.79 Å². The van der Waals surface area contributed by atoms with Gasteiger partial charge in [-0.2, -0.15) is 11.8 Å². The van der Waals surface area contributed by atoms with Crippen molar-refractivity contribution in [1.29, 1.82) is 0 Å². The summed E-state index contributed by atoms with van der Waals surface area (Å²) in [5, 5.41) is 24.9. The van der Waals surface area contributed by atoms with E-state index < -0.39 is 11.4 Å². The van der Waals surface area contributed by atoms with Crippen molar-refractivity contribution in [3.8, 4) is 17.2 Å². The fourth-order valence-corrected chi connectivity index (χ4v) is 11.6. The average molecular weight is 888 g/mol. The topological polar surface area (TPSA) is 89.7 Å². The highest BCUT2D eigenvalue weighted by Crippen LogP contribution is 2.63. The minimum atomic E-state index is -0.957. The van der Waals surface area contributed by atoms with Crippen molar-refractivity contribution in [2.24, 2.45) is 22.9 Å². The number of thioether (sulfide) groups is 1. The first-order valence-corrected chi connectivity index (χ1v) is 26.2. The molecule has 0 aromatic heterocycles. The number of fused-ring (bicyclic) bond motifs is 2. The summed E-state index contributed by atoms with van der Waals surface area (Å²) < 4.78 is 21.2. The summed E-state index contributed by atoms with van der Waals surface area (Å²) in [5.41, 5.74) is 5.28. The van der Waals surface area contributed by atoms with Crippen LogP contribution in [-0.2, 0) is 9.57 Å². The number of allylic oxidation sites excluding steroid dienone is 1. The van der Waals surface area contributed by atoms with Gasteiger partial charge in [-0.05, 0) is 131 Å². The Morgan fingerprint density at radius 2 is 1.41 bits per heavy atom. The van der Waals surface area contributed by atoms with E-state index in [0.29, 0.717) is 13.0 Å². The van der Waals surface area contributed by atoms with Crippen LogP contribution >= 0.6 is 11.8 Å². The molecule has 0 bridgehead atoms. The molecular formula is C55H85NO6S. The number of unbranched alkanes of at least 4 members (excludes halogenated alkanes) is 15. The second-order valence-corrected chi connectivity index (χ2v) is 21.1. The molecule has 3 aliphatic rings. The summed E-state index contributed by atoms with van der Waals surface area (Å²) in [5.74, 6) is 2.87. The van der Waals surface area contributed by atoms with Gasteiger partial charge in [-0.3, -0.25) is 0 Å². The number of benzene rings is 2. The Morgan fingerprint density at radius 1 is 0.794 bits per heavy atom. The molecule has 63 heavy (non-hydrogen) atoms. The Morgan fingerprint density at radius 3 is 2.03 bits per heavy atom. The Hall–Kier alpha value is -2.78. The Kier molecular flexibility index (Phi) is 21.4. The molecular weight excluding hydrogens is 803 g/mol. The van der Waals surface area contributed by atoms with Crippen molar-refractivity contribution in [3.63, 3.8) is 0 Å². The fourth-order valence-electron chi connectivity index (χ4n) is 10.2. The lowest BCUT2D eigenvalue weighted by Gasteiger charge is -2.58. The molecule has 1 fully saturated rings. The maximum absolute atomic E-state index is 9.99. The summed E-state index contributed by atoms with van der Waals surface area (Å²) in [6, 6.07) is 12.6. The Bertz CT molecular complexity index is 1730. The number of ether oxygens (including phenoxy) is 3. The zero-order chi connectivity index (χ0) is 45.1. The van der Waals surface area contributed by atoms with E-state index in [1.165, 1.54) is 100 Å². The van der Waals surface area contributed by atoms with Crippen LogP contribution in [0.25, 0.3) is 0 Å². The quantitative estimate of drug-likeness (QED) is 0.0459. The number of hydrogen-bond donors (Lipinski definition) is 2. The van der Waals surface area contributed by atoms with Gasteiger partial charge in [-0.1, -0.05) is 127 Å². The molecule has 5 rings (SSSR count). The first-order chi connectivity index (χ1) is 30.5. The van der Waals surface area contributed by atoms with Crippen molar-refractivity contribution in [3.05, 3.63) is 77.4 Å². The highest BCUT2D eigenvalue weighted by atomic mass is 32.2. The van der Waals surface area contributed by atoms with Crippen LogP contribution in [0.2, 0.25) is 0 Å². The van der Waals surface area contributed by atoms with Crippen LogP contribution in [0.4, 0.5) is 0 Å². The second-order valence-electron chi connectivity index (χ2n) is 19.8. The third-order valence-corrected chi connectivity index (χ3v) is 15.0. The van der Waals surface area contributed by atoms with Crippen LogP contribution in [0.1, 0.15) is 185 Å². The zero-order valence-electron chi connectivity index (χ0n) is 40.3. The lowest BCUT2D eigenvalue weighted by molar-refractivity contribution is -0.223. The minimum absolute atomic E-state index is 0.0315. The maximum atomic E-state index is 9.99. The monoisotopic (exact) mass is 888 g/mol. The predicted molar refractivity (Wildman–Crippen MR) is 265 cm³/mol. The molecule has 8 heteroatoms. The number of aryl methyl sites for hydroxylation is 2. The number of hydrogen-bond acceptors (Lipinski definition) is 8.